The lowest BCUT2D eigenvalue weighted by Crippen LogP contribution is -1.99. The van der Waals surface area contributed by atoms with Crippen molar-refractivity contribution in [3.8, 4) is 5.75 Å². The van der Waals surface area contributed by atoms with Crippen molar-refractivity contribution in [2.75, 3.05) is 5.73 Å². The van der Waals surface area contributed by atoms with Crippen LogP contribution >= 0.6 is 0 Å². The molecule has 0 unspecified atom stereocenters. The van der Waals surface area contributed by atoms with E-state index in [4.69, 9.17) is 5.73 Å². The van der Waals surface area contributed by atoms with E-state index in [0.717, 1.165) is 18.2 Å². The minimum absolute atomic E-state index is 0.0171. The summed E-state index contributed by atoms with van der Waals surface area (Å²) in [4.78, 5) is 9.72. The van der Waals surface area contributed by atoms with Crippen LogP contribution in [-0.4, -0.2) is 23.0 Å². The fourth-order valence-corrected chi connectivity index (χ4v) is 3.15. The lowest BCUT2D eigenvalue weighted by molar-refractivity contribution is -0.384. The first-order chi connectivity index (χ1) is 12.7. The zero-order chi connectivity index (χ0) is 19.8. The van der Waals surface area contributed by atoms with E-state index in [1.165, 1.54) is 30.3 Å². The van der Waals surface area contributed by atoms with Crippen molar-refractivity contribution in [1.82, 2.24) is 0 Å². The highest BCUT2D eigenvalue weighted by atomic mass is 32.2. The molecule has 0 atom stereocenters. The number of nitrogens with zero attached hydrogens (tertiary/aromatic N) is 3. The van der Waals surface area contributed by atoms with Gasteiger partial charge in [-0.2, -0.15) is 8.42 Å². The first-order valence-corrected chi connectivity index (χ1v) is 8.80. The highest BCUT2D eigenvalue weighted by Crippen LogP contribution is 2.36. The van der Waals surface area contributed by atoms with E-state index in [2.05, 4.69) is 10.2 Å². The maximum atomic E-state index is 11.5. The van der Waals surface area contributed by atoms with Gasteiger partial charge < -0.3 is 10.8 Å². The number of phenolic OH excluding ortho intramolecular Hbond substituents is 1. The summed E-state index contributed by atoms with van der Waals surface area (Å²) in [6.07, 6.45) is 0. The average Bonchev–Trinajstić information content (AvgIpc) is 2.59. The van der Waals surface area contributed by atoms with Gasteiger partial charge in [-0.25, -0.2) is 0 Å². The molecule has 0 spiro atoms. The normalized spacial score (nSPS) is 11.9. The number of nitro benzene ring substituents is 1. The second-order valence-corrected chi connectivity index (χ2v) is 6.88. The van der Waals surface area contributed by atoms with Crippen molar-refractivity contribution in [1.29, 1.82) is 0 Å². The molecule has 0 heterocycles. The van der Waals surface area contributed by atoms with Crippen LogP contribution in [0.5, 0.6) is 5.75 Å². The Morgan fingerprint density at radius 1 is 0.963 bits per heavy atom. The SMILES string of the molecule is Nc1ccc2c(S(=O)(=O)O)ccc(N=Nc3ccc([N+](=O)[O-])cc3O)c2c1. The van der Waals surface area contributed by atoms with Gasteiger partial charge in [-0.05, 0) is 30.3 Å². The summed E-state index contributed by atoms with van der Waals surface area (Å²) >= 11 is 0. The summed E-state index contributed by atoms with van der Waals surface area (Å²) in [5.74, 6) is -0.439. The molecule has 0 saturated heterocycles. The quantitative estimate of drug-likeness (QED) is 0.201. The molecular formula is C16H12N4O6S. The van der Waals surface area contributed by atoms with Gasteiger partial charge in [-0.1, -0.05) is 6.07 Å². The number of nitrogens with two attached hydrogens (primary N) is 1. The van der Waals surface area contributed by atoms with E-state index in [0.29, 0.717) is 11.1 Å². The number of hydrogen-bond donors (Lipinski definition) is 3. The van der Waals surface area contributed by atoms with Crippen LogP contribution in [0.4, 0.5) is 22.7 Å². The van der Waals surface area contributed by atoms with Crippen LogP contribution in [0.2, 0.25) is 0 Å². The van der Waals surface area contributed by atoms with Crippen LogP contribution < -0.4 is 5.73 Å². The van der Waals surface area contributed by atoms with Gasteiger partial charge >= 0.3 is 0 Å². The van der Waals surface area contributed by atoms with E-state index in [1.807, 2.05) is 0 Å². The highest BCUT2D eigenvalue weighted by Gasteiger charge is 2.16. The van der Waals surface area contributed by atoms with Crippen molar-refractivity contribution >= 4 is 43.6 Å². The van der Waals surface area contributed by atoms with E-state index in [-0.39, 0.29) is 27.3 Å². The fourth-order valence-electron chi connectivity index (χ4n) is 2.45. The number of azo groups is 1. The second-order valence-electron chi connectivity index (χ2n) is 5.49. The van der Waals surface area contributed by atoms with Crippen molar-refractivity contribution in [2.24, 2.45) is 10.2 Å². The third-order valence-corrected chi connectivity index (χ3v) is 4.60. The molecule has 0 bridgehead atoms. The van der Waals surface area contributed by atoms with E-state index in [1.54, 1.807) is 0 Å². The average molecular weight is 388 g/mol. The Morgan fingerprint density at radius 2 is 1.63 bits per heavy atom. The topological polar surface area (TPSA) is 168 Å². The largest absolute Gasteiger partial charge is 0.505 e. The van der Waals surface area contributed by atoms with Crippen molar-refractivity contribution in [3.63, 3.8) is 0 Å². The number of benzene rings is 3. The third kappa shape index (κ3) is 3.68. The molecule has 3 aromatic rings. The molecule has 0 radical (unpaired) electrons. The number of rotatable bonds is 4. The Bertz CT molecular complexity index is 1210. The van der Waals surface area contributed by atoms with Gasteiger partial charge in [0.05, 0.1) is 16.7 Å². The number of fused-ring (bicyclic) bond motifs is 1. The number of anilines is 1. The zero-order valence-corrected chi connectivity index (χ0v) is 14.3. The van der Waals surface area contributed by atoms with E-state index >= 15 is 0 Å². The zero-order valence-electron chi connectivity index (χ0n) is 13.5. The molecule has 3 rings (SSSR count). The lowest BCUT2D eigenvalue weighted by atomic mass is 10.1. The standard InChI is InChI=1S/C16H12N4O6S/c17-9-1-3-11-12(7-9)13(5-6-16(11)27(24,25)26)18-19-14-4-2-10(20(22)23)8-15(14)21/h1-8,21H,17H2,(H,24,25,26). The molecule has 3 aromatic carbocycles. The van der Waals surface area contributed by atoms with Gasteiger partial charge in [-0.15, -0.1) is 10.2 Å². The highest BCUT2D eigenvalue weighted by molar-refractivity contribution is 7.86. The molecule has 10 nitrogen and oxygen atoms in total. The molecule has 0 fully saturated rings. The molecule has 4 N–H and O–H groups in total. The maximum Gasteiger partial charge on any atom is 0.295 e. The molecule has 11 heteroatoms. The van der Waals surface area contributed by atoms with Gasteiger partial charge in [0.25, 0.3) is 15.8 Å². The predicted octanol–water partition coefficient (Wildman–Crippen LogP) is 3.70. The summed E-state index contributed by atoms with van der Waals surface area (Å²) in [6.45, 7) is 0. The molecular weight excluding hydrogens is 376 g/mol. The summed E-state index contributed by atoms with van der Waals surface area (Å²) < 4.78 is 32.4. The van der Waals surface area contributed by atoms with E-state index < -0.39 is 20.8 Å². The number of nitro groups is 1. The Labute approximate surface area is 152 Å². The van der Waals surface area contributed by atoms with Crippen LogP contribution in [0, 0.1) is 10.1 Å². The lowest BCUT2D eigenvalue weighted by Gasteiger charge is -2.07. The summed E-state index contributed by atoms with van der Waals surface area (Å²) in [6, 6.07) is 10.2. The third-order valence-electron chi connectivity index (χ3n) is 3.69. The number of nitrogen functional groups attached to an aromatic ring is 1. The van der Waals surface area contributed by atoms with Gasteiger partial charge in [0.15, 0.2) is 0 Å². The molecule has 0 aliphatic heterocycles. The van der Waals surface area contributed by atoms with Crippen LogP contribution in [0.25, 0.3) is 10.8 Å². The smallest absolute Gasteiger partial charge is 0.295 e. The molecule has 0 aliphatic rings. The second kappa shape index (κ2) is 6.63. The van der Waals surface area contributed by atoms with Crippen molar-refractivity contribution in [3.05, 3.63) is 58.6 Å². The fraction of sp³-hybridized carbons (Fsp3) is 0. The molecule has 0 saturated carbocycles. The Hall–Kier alpha value is -3.57. The Balaban J connectivity index is 2.12. The monoisotopic (exact) mass is 388 g/mol. The Morgan fingerprint density at radius 3 is 2.26 bits per heavy atom. The number of phenols is 1. The van der Waals surface area contributed by atoms with Crippen LogP contribution in [0.1, 0.15) is 0 Å². The predicted molar refractivity (Wildman–Crippen MR) is 97.1 cm³/mol. The number of non-ortho nitro benzene ring substituents is 1. The minimum atomic E-state index is -4.46. The number of hydrogen-bond acceptors (Lipinski definition) is 8. The van der Waals surface area contributed by atoms with Crippen molar-refractivity contribution < 1.29 is 23.0 Å². The molecule has 0 amide bonds. The molecule has 0 aliphatic carbocycles. The Kier molecular flexibility index (Phi) is 4.47. The molecule has 138 valence electrons. The van der Waals surface area contributed by atoms with Gasteiger partial charge in [-0.3, -0.25) is 14.7 Å². The van der Waals surface area contributed by atoms with Crippen LogP contribution in [0.15, 0.2) is 63.7 Å². The van der Waals surface area contributed by atoms with Crippen LogP contribution in [0.3, 0.4) is 0 Å². The van der Waals surface area contributed by atoms with Crippen LogP contribution in [-0.2, 0) is 10.1 Å². The van der Waals surface area contributed by atoms with Gasteiger partial charge in [0.1, 0.15) is 16.3 Å². The first kappa shape index (κ1) is 18.2. The number of aromatic hydroxyl groups is 1. The summed E-state index contributed by atoms with van der Waals surface area (Å²) in [5.41, 5.74) is 5.98. The minimum Gasteiger partial charge on any atom is -0.505 e. The summed E-state index contributed by atoms with van der Waals surface area (Å²) in [7, 11) is -4.46. The summed E-state index contributed by atoms with van der Waals surface area (Å²) in [5, 5.41) is 28.9. The maximum absolute atomic E-state index is 11.5. The molecule has 0 aromatic heterocycles. The van der Waals surface area contributed by atoms with E-state index in [9.17, 15) is 28.2 Å². The van der Waals surface area contributed by atoms with Gasteiger partial charge in [0.2, 0.25) is 0 Å². The van der Waals surface area contributed by atoms with Gasteiger partial charge in [0, 0.05) is 22.5 Å². The molecule has 27 heavy (non-hydrogen) atoms. The first-order valence-electron chi connectivity index (χ1n) is 7.36. The van der Waals surface area contributed by atoms with Crippen molar-refractivity contribution in [2.45, 2.75) is 4.90 Å².